The third kappa shape index (κ3) is 5.05. The topological polar surface area (TPSA) is 131 Å². The molecule has 0 fully saturated rings. The molecule has 0 radical (unpaired) electrons. The average Bonchev–Trinajstić information content (AvgIpc) is 3.16. The molecule has 11 nitrogen and oxygen atoms in total. The zero-order valence-electron chi connectivity index (χ0n) is 20.7. The van der Waals surface area contributed by atoms with E-state index in [0.29, 0.717) is 23.1 Å². The van der Waals surface area contributed by atoms with Crippen molar-refractivity contribution in [3.63, 3.8) is 0 Å². The highest BCUT2D eigenvalue weighted by atomic mass is 32.2. The number of rotatable bonds is 7. The molecule has 2 aromatic carbocycles. The Kier molecular flexibility index (Phi) is 6.17. The molecule has 2 N–H and O–H groups in total. The van der Waals surface area contributed by atoms with Crippen molar-refractivity contribution in [2.75, 3.05) is 22.0 Å². The maximum absolute atomic E-state index is 12.7. The van der Waals surface area contributed by atoms with E-state index < -0.39 is 10.0 Å². The summed E-state index contributed by atoms with van der Waals surface area (Å²) >= 11 is 0. The van der Waals surface area contributed by atoms with Crippen LogP contribution in [0.2, 0.25) is 0 Å². The molecule has 0 amide bonds. The first-order chi connectivity index (χ1) is 17.7. The van der Waals surface area contributed by atoms with Crippen LogP contribution in [0, 0.1) is 13.8 Å². The van der Waals surface area contributed by atoms with E-state index in [1.165, 1.54) is 18.3 Å². The smallest absolute Gasteiger partial charge is 0.264 e. The minimum Gasteiger partial charge on any atom is -0.329 e. The summed E-state index contributed by atoms with van der Waals surface area (Å²) in [4.78, 5) is 19.0. The minimum atomic E-state index is -3.83. The fourth-order valence-electron chi connectivity index (χ4n) is 3.78. The number of hydrogen-bond acceptors (Lipinski definition) is 9. The summed E-state index contributed by atoms with van der Waals surface area (Å²) in [5, 5.41) is 8.80. The molecule has 0 aliphatic rings. The number of sulfonamides is 1. The van der Waals surface area contributed by atoms with Crippen molar-refractivity contribution in [1.82, 2.24) is 29.7 Å². The van der Waals surface area contributed by atoms with E-state index in [-0.39, 0.29) is 10.8 Å². The van der Waals surface area contributed by atoms with Crippen LogP contribution in [0.25, 0.3) is 10.9 Å². The summed E-state index contributed by atoms with van der Waals surface area (Å²) in [5.74, 6) is 1.08. The summed E-state index contributed by atoms with van der Waals surface area (Å²) in [6.45, 7) is 3.80. The van der Waals surface area contributed by atoms with Gasteiger partial charge in [-0.1, -0.05) is 0 Å². The van der Waals surface area contributed by atoms with Crippen molar-refractivity contribution in [3.8, 4) is 0 Å². The lowest BCUT2D eigenvalue weighted by Gasteiger charge is -2.19. The van der Waals surface area contributed by atoms with Crippen molar-refractivity contribution in [2.45, 2.75) is 18.7 Å². The summed E-state index contributed by atoms with van der Waals surface area (Å²) in [6.07, 6.45) is 3.16. The summed E-state index contributed by atoms with van der Waals surface area (Å²) in [6, 6.07) is 15.9. The molecular formula is C25H25N9O2S. The molecule has 12 heteroatoms. The Bertz CT molecular complexity index is 1700. The van der Waals surface area contributed by atoms with Crippen LogP contribution in [0.1, 0.15) is 11.4 Å². The van der Waals surface area contributed by atoms with Crippen LogP contribution in [0.5, 0.6) is 0 Å². The fourth-order valence-corrected chi connectivity index (χ4v) is 4.73. The van der Waals surface area contributed by atoms with Crippen molar-refractivity contribution in [2.24, 2.45) is 7.05 Å². The molecule has 3 heterocycles. The Labute approximate surface area is 214 Å². The molecule has 0 atom stereocenters. The van der Waals surface area contributed by atoms with E-state index >= 15 is 0 Å². The molecule has 5 rings (SSSR count). The van der Waals surface area contributed by atoms with Gasteiger partial charge in [0.2, 0.25) is 11.9 Å². The molecule has 0 bridgehead atoms. The lowest BCUT2D eigenvalue weighted by atomic mass is 10.2. The summed E-state index contributed by atoms with van der Waals surface area (Å²) in [5.41, 5.74) is 4.25. The van der Waals surface area contributed by atoms with Crippen LogP contribution in [0.4, 0.5) is 29.1 Å². The van der Waals surface area contributed by atoms with Crippen molar-refractivity contribution < 1.29 is 8.42 Å². The minimum absolute atomic E-state index is 0.0221. The summed E-state index contributed by atoms with van der Waals surface area (Å²) < 4.78 is 29.6. The second-order valence-electron chi connectivity index (χ2n) is 8.48. The monoisotopic (exact) mass is 515 g/mol. The van der Waals surface area contributed by atoms with Gasteiger partial charge in [0.05, 0.1) is 10.4 Å². The third-order valence-electron chi connectivity index (χ3n) is 5.93. The van der Waals surface area contributed by atoms with Crippen molar-refractivity contribution >= 4 is 50.0 Å². The number of aryl methyl sites for hydroxylation is 3. The van der Waals surface area contributed by atoms with Gasteiger partial charge in [-0.25, -0.2) is 28.1 Å². The Morgan fingerprint density at radius 3 is 2.38 bits per heavy atom. The van der Waals surface area contributed by atoms with Gasteiger partial charge >= 0.3 is 0 Å². The van der Waals surface area contributed by atoms with E-state index in [1.54, 1.807) is 31.3 Å². The highest BCUT2D eigenvalue weighted by Crippen LogP contribution is 2.28. The van der Waals surface area contributed by atoms with Gasteiger partial charge in [-0.2, -0.15) is 10.1 Å². The first-order valence-electron chi connectivity index (χ1n) is 11.4. The zero-order chi connectivity index (χ0) is 26.2. The van der Waals surface area contributed by atoms with Crippen LogP contribution in [-0.2, 0) is 17.1 Å². The molecule has 0 saturated carbocycles. The van der Waals surface area contributed by atoms with E-state index in [4.69, 9.17) is 0 Å². The molecule has 5 aromatic rings. The fraction of sp³-hybridized carbons (Fsp3) is 0.160. The number of anilines is 5. The van der Waals surface area contributed by atoms with Gasteiger partial charge in [-0.05, 0) is 68.4 Å². The van der Waals surface area contributed by atoms with Crippen LogP contribution in [0.3, 0.4) is 0 Å². The number of benzene rings is 2. The second kappa shape index (κ2) is 9.47. The molecule has 188 valence electrons. The molecule has 0 aliphatic carbocycles. The number of fused-ring (bicyclic) bond motifs is 1. The molecule has 0 spiro atoms. The lowest BCUT2D eigenvalue weighted by Crippen LogP contribution is -2.15. The van der Waals surface area contributed by atoms with Gasteiger partial charge in [-0.3, -0.25) is 4.68 Å². The Hall–Kier alpha value is -4.58. The Morgan fingerprint density at radius 2 is 1.62 bits per heavy atom. The van der Waals surface area contributed by atoms with Gasteiger partial charge in [0.25, 0.3) is 10.0 Å². The highest BCUT2D eigenvalue weighted by molar-refractivity contribution is 7.92. The van der Waals surface area contributed by atoms with E-state index in [1.807, 2.05) is 48.8 Å². The molecule has 3 aromatic heterocycles. The van der Waals surface area contributed by atoms with Crippen LogP contribution < -0.4 is 14.9 Å². The maximum Gasteiger partial charge on any atom is 0.264 e. The Balaban J connectivity index is 1.32. The molecule has 0 aliphatic heterocycles. The standard InChI is InChI=1S/C25H25N9O2S/c1-16-11-13-27-25(28-16)32-37(35,36)20-8-5-18(6-9-20)29-24-26-14-12-23(30-24)33(3)19-7-10-21-17(2)34(4)31-22(21)15-19/h5-15H,1-4H3,(H,26,29,30)(H,27,28,32). The van der Waals surface area contributed by atoms with Crippen LogP contribution >= 0.6 is 0 Å². The summed E-state index contributed by atoms with van der Waals surface area (Å²) in [7, 11) is 0.0204. The quantitative estimate of drug-likeness (QED) is 0.329. The Morgan fingerprint density at radius 1 is 0.892 bits per heavy atom. The normalized spacial score (nSPS) is 11.5. The molecule has 37 heavy (non-hydrogen) atoms. The largest absolute Gasteiger partial charge is 0.329 e. The van der Waals surface area contributed by atoms with E-state index in [2.05, 4.69) is 41.1 Å². The second-order valence-corrected chi connectivity index (χ2v) is 10.2. The SMILES string of the molecule is Cc1ccnc(NS(=O)(=O)c2ccc(Nc3nccc(N(C)c4ccc5c(C)n(C)nc5c4)n3)cc2)n1. The predicted octanol–water partition coefficient (Wildman–Crippen LogP) is 4.08. The average molecular weight is 516 g/mol. The van der Waals surface area contributed by atoms with Crippen LogP contribution in [-0.4, -0.2) is 45.2 Å². The number of aromatic nitrogens is 6. The van der Waals surface area contributed by atoms with Gasteiger partial charge in [-0.15, -0.1) is 0 Å². The molecule has 0 unspecified atom stereocenters. The van der Waals surface area contributed by atoms with Crippen molar-refractivity contribution in [1.29, 1.82) is 0 Å². The number of hydrogen-bond donors (Lipinski definition) is 2. The zero-order valence-corrected chi connectivity index (χ0v) is 21.5. The predicted molar refractivity (Wildman–Crippen MR) is 143 cm³/mol. The maximum atomic E-state index is 12.7. The van der Waals surface area contributed by atoms with Gasteiger partial charge in [0, 0.05) is 54.6 Å². The van der Waals surface area contributed by atoms with Crippen LogP contribution in [0.15, 0.2) is 71.9 Å². The van der Waals surface area contributed by atoms with Gasteiger partial charge in [0.1, 0.15) is 5.82 Å². The van der Waals surface area contributed by atoms with E-state index in [0.717, 1.165) is 22.3 Å². The number of nitrogens with zero attached hydrogens (tertiary/aromatic N) is 7. The van der Waals surface area contributed by atoms with E-state index in [9.17, 15) is 8.42 Å². The van der Waals surface area contributed by atoms with Crippen molar-refractivity contribution in [3.05, 3.63) is 78.4 Å². The number of nitrogens with one attached hydrogen (secondary N) is 2. The van der Waals surface area contributed by atoms with Gasteiger partial charge < -0.3 is 10.2 Å². The van der Waals surface area contributed by atoms with Gasteiger partial charge in [0.15, 0.2) is 0 Å². The lowest BCUT2D eigenvalue weighted by molar-refractivity contribution is 0.601. The first-order valence-corrected chi connectivity index (χ1v) is 12.9. The molecule has 0 saturated heterocycles. The highest BCUT2D eigenvalue weighted by Gasteiger charge is 2.16. The first kappa shape index (κ1) is 24.1. The molecular weight excluding hydrogens is 490 g/mol. The third-order valence-corrected chi connectivity index (χ3v) is 7.27.